The van der Waals surface area contributed by atoms with Crippen LogP contribution in [0.25, 0.3) is 0 Å². The first-order valence-electron chi connectivity index (χ1n) is 7.41. The zero-order valence-electron chi connectivity index (χ0n) is 11.7. The zero-order valence-corrected chi connectivity index (χ0v) is 11.7. The van der Waals surface area contributed by atoms with E-state index in [1.165, 1.54) is 25.7 Å². The molecule has 0 aromatic carbocycles. The van der Waals surface area contributed by atoms with Crippen molar-refractivity contribution in [3.05, 3.63) is 11.7 Å². The Morgan fingerprint density at radius 1 is 1.26 bits per heavy atom. The van der Waals surface area contributed by atoms with Gasteiger partial charge in [-0.1, -0.05) is 30.8 Å². The van der Waals surface area contributed by atoms with Crippen molar-refractivity contribution in [2.24, 2.45) is 5.92 Å². The van der Waals surface area contributed by atoms with Gasteiger partial charge in [0, 0.05) is 13.5 Å². The maximum atomic E-state index is 5.81. The van der Waals surface area contributed by atoms with E-state index >= 15 is 0 Å². The Bertz CT molecular complexity index is 407. The van der Waals surface area contributed by atoms with Gasteiger partial charge in [-0.3, -0.25) is 0 Å². The monoisotopic (exact) mass is 265 g/mol. The number of hydrogen-bond acceptors (Lipinski definition) is 5. The summed E-state index contributed by atoms with van der Waals surface area (Å²) in [6.07, 6.45) is 7.84. The van der Waals surface area contributed by atoms with Gasteiger partial charge in [0.05, 0.1) is 0 Å². The summed E-state index contributed by atoms with van der Waals surface area (Å²) >= 11 is 0. The van der Waals surface area contributed by atoms with Crippen molar-refractivity contribution < 1.29 is 9.26 Å². The van der Waals surface area contributed by atoms with Crippen LogP contribution in [-0.2, 0) is 16.8 Å². The van der Waals surface area contributed by atoms with Crippen LogP contribution in [0.1, 0.15) is 50.2 Å². The van der Waals surface area contributed by atoms with E-state index < -0.39 is 0 Å². The number of rotatable bonds is 4. The van der Waals surface area contributed by atoms with E-state index in [1.807, 2.05) is 0 Å². The van der Waals surface area contributed by atoms with Crippen LogP contribution in [0.2, 0.25) is 0 Å². The molecule has 5 nitrogen and oxygen atoms in total. The molecule has 106 valence electrons. The van der Waals surface area contributed by atoms with Gasteiger partial charge in [-0.2, -0.15) is 4.98 Å². The van der Waals surface area contributed by atoms with Gasteiger partial charge in [0.15, 0.2) is 0 Å². The molecule has 0 spiro atoms. The molecule has 2 heterocycles. The zero-order chi connectivity index (χ0) is 13.1. The van der Waals surface area contributed by atoms with Crippen LogP contribution in [0.3, 0.4) is 0 Å². The first kappa shape index (κ1) is 13.1. The Hall–Kier alpha value is -0.940. The molecule has 1 aliphatic heterocycles. The van der Waals surface area contributed by atoms with Gasteiger partial charge in [0.2, 0.25) is 11.7 Å². The number of nitrogens with zero attached hydrogens (tertiary/aromatic N) is 2. The van der Waals surface area contributed by atoms with Crippen LogP contribution in [-0.4, -0.2) is 30.3 Å². The van der Waals surface area contributed by atoms with Crippen molar-refractivity contribution in [1.82, 2.24) is 15.5 Å². The first-order valence-corrected chi connectivity index (χ1v) is 7.41. The molecule has 1 aliphatic carbocycles. The third-order valence-electron chi connectivity index (χ3n) is 4.51. The van der Waals surface area contributed by atoms with Gasteiger partial charge >= 0.3 is 0 Å². The molecule has 1 saturated carbocycles. The predicted octanol–water partition coefficient (Wildman–Crippen LogP) is 2.03. The summed E-state index contributed by atoms with van der Waals surface area (Å²) in [5, 5.41) is 7.47. The lowest BCUT2D eigenvalue weighted by Crippen LogP contribution is -2.43. The van der Waals surface area contributed by atoms with Crippen LogP contribution in [0.15, 0.2) is 4.52 Å². The molecule has 1 aromatic heterocycles. The summed E-state index contributed by atoms with van der Waals surface area (Å²) in [6.45, 7) is 2.13. The second kappa shape index (κ2) is 5.59. The van der Waals surface area contributed by atoms with Gasteiger partial charge in [-0.05, 0) is 31.8 Å². The second-order valence-electron chi connectivity index (χ2n) is 5.85. The number of aromatic nitrogens is 2. The minimum atomic E-state index is -0.309. The van der Waals surface area contributed by atoms with Gasteiger partial charge in [0.1, 0.15) is 5.60 Å². The summed E-state index contributed by atoms with van der Waals surface area (Å²) < 4.78 is 11.2. The Kier molecular flexibility index (Phi) is 3.84. The molecule has 2 aliphatic rings. The summed E-state index contributed by atoms with van der Waals surface area (Å²) in [4.78, 5) is 4.61. The molecule has 0 radical (unpaired) electrons. The second-order valence-corrected chi connectivity index (χ2v) is 5.85. The highest BCUT2D eigenvalue weighted by molar-refractivity contribution is 5.03. The van der Waals surface area contributed by atoms with Gasteiger partial charge < -0.3 is 14.6 Å². The van der Waals surface area contributed by atoms with Gasteiger partial charge in [-0.15, -0.1) is 0 Å². The molecular weight excluding hydrogens is 242 g/mol. The molecule has 0 amide bonds. The van der Waals surface area contributed by atoms with E-state index in [2.05, 4.69) is 15.5 Å². The van der Waals surface area contributed by atoms with E-state index in [4.69, 9.17) is 9.26 Å². The van der Waals surface area contributed by atoms with Gasteiger partial charge in [-0.25, -0.2) is 0 Å². The SMILES string of the molecule is COC1(c2noc(CC3CNC3)n2)CCCCCC1. The Balaban J connectivity index is 1.74. The van der Waals surface area contributed by atoms with E-state index in [0.717, 1.165) is 44.1 Å². The summed E-state index contributed by atoms with van der Waals surface area (Å²) in [5.41, 5.74) is -0.309. The molecular formula is C14H23N3O2. The predicted molar refractivity (Wildman–Crippen MR) is 70.8 cm³/mol. The van der Waals surface area contributed by atoms with Crippen LogP contribution in [0.4, 0.5) is 0 Å². The molecule has 1 N–H and O–H groups in total. The number of nitrogens with one attached hydrogen (secondary N) is 1. The van der Waals surface area contributed by atoms with E-state index in [1.54, 1.807) is 7.11 Å². The van der Waals surface area contributed by atoms with Crippen LogP contribution in [0, 0.1) is 5.92 Å². The fourth-order valence-electron chi connectivity index (χ4n) is 3.08. The number of methoxy groups -OCH3 is 1. The third kappa shape index (κ3) is 2.67. The van der Waals surface area contributed by atoms with E-state index in [9.17, 15) is 0 Å². The highest BCUT2D eigenvalue weighted by atomic mass is 16.5. The van der Waals surface area contributed by atoms with Crippen molar-refractivity contribution in [2.45, 2.75) is 50.5 Å². The van der Waals surface area contributed by atoms with Crippen molar-refractivity contribution in [2.75, 3.05) is 20.2 Å². The maximum Gasteiger partial charge on any atom is 0.227 e. The molecule has 1 saturated heterocycles. The fourth-order valence-corrected chi connectivity index (χ4v) is 3.08. The number of ether oxygens (including phenoxy) is 1. The Morgan fingerprint density at radius 3 is 2.58 bits per heavy atom. The average Bonchev–Trinajstić information content (AvgIpc) is 2.72. The molecule has 2 fully saturated rings. The molecule has 1 aromatic rings. The molecule has 0 bridgehead atoms. The van der Waals surface area contributed by atoms with Crippen LogP contribution >= 0.6 is 0 Å². The minimum Gasteiger partial charge on any atom is -0.370 e. The number of hydrogen-bond donors (Lipinski definition) is 1. The fraction of sp³-hybridized carbons (Fsp3) is 0.857. The van der Waals surface area contributed by atoms with Crippen molar-refractivity contribution in [3.8, 4) is 0 Å². The van der Waals surface area contributed by atoms with Crippen LogP contribution in [0.5, 0.6) is 0 Å². The molecule has 3 rings (SSSR count). The topological polar surface area (TPSA) is 60.2 Å². The largest absolute Gasteiger partial charge is 0.370 e. The van der Waals surface area contributed by atoms with Crippen molar-refractivity contribution >= 4 is 0 Å². The molecule has 0 unspecified atom stereocenters. The lowest BCUT2D eigenvalue weighted by molar-refractivity contribution is -0.0365. The first-order chi connectivity index (χ1) is 9.32. The maximum absolute atomic E-state index is 5.81. The summed E-state index contributed by atoms with van der Waals surface area (Å²) in [7, 11) is 1.78. The van der Waals surface area contributed by atoms with E-state index in [0.29, 0.717) is 5.92 Å². The normalized spacial score (nSPS) is 23.8. The average molecular weight is 265 g/mol. The van der Waals surface area contributed by atoms with Crippen LogP contribution < -0.4 is 5.32 Å². The van der Waals surface area contributed by atoms with Crippen molar-refractivity contribution in [1.29, 1.82) is 0 Å². The molecule has 19 heavy (non-hydrogen) atoms. The minimum absolute atomic E-state index is 0.309. The lowest BCUT2D eigenvalue weighted by atomic mass is 9.93. The smallest absolute Gasteiger partial charge is 0.227 e. The highest BCUT2D eigenvalue weighted by Crippen LogP contribution is 2.37. The molecule has 0 atom stereocenters. The standard InChI is InChI=1S/C14H23N3O2/c1-18-14(6-4-2-3-5-7-14)13-16-12(19-17-13)8-11-9-15-10-11/h11,15H,2-10H2,1H3. The summed E-state index contributed by atoms with van der Waals surface area (Å²) in [6, 6.07) is 0. The Morgan fingerprint density at radius 2 is 2.00 bits per heavy atom. The quantitative estimate of drug-likeness (QED) is 0.844. The third-order valence-corrected chi connectivity index (χ3v) is 4.51. The lowest BCUT2D eigenvalue weighted by Gasteiger charge is -2.27. The highest BCUT2D eigenvalue weighted by Gasteiger charge is 2.37. The van der Waals surface area contributed by atoms with Gasteiger partial charge in [0.25, 0.3) is 0 Å². The van der Waals surface area contributed by atoms with E-state index in [-0.39, 0.29) is 5.60 Å². The Labute approximate surface area is 114 Å². The van der Waals surface area contributed by atoms with Crippen molar-refractivity contribution in [3.63, 3.8) is 0 Å². The molecule has 5 heteroatoms. The summed E-state index contributed by atoms with van der Waals surface area (Å²) in [5.74, 6) is 2.18.